The molecule has 3 fully saturated rings. The summed E-state index contributed by atoms with van der Waals surface area (Å²) < 4.78 is 0. The van der Waals surface area contributed by atoms with E-state index in [9.17, 15) is 15.0 Å². The standard InChI is InChI=1S/C17H30N2O4.CH2O.CH4/c1-16(15(21)22,12-23-19-11-5-6-14(19)20)18-13-7-10-17(13)8-3-2-4-9-17;1-2;/h13-14,18,20H,2-12H2,1H3,(H,21,22);1H2;1H4. The fourth-order valence-electron chi connectivity index (χ4n) is 4.41. The van der Waals surface area contributed by atoms with Crippen LogP contribution < -0.4 is 5.32 Å². The van der Waals surface area contributed by atoms with Gasteiger partial charge >= 0.3 is 5.97 Å². The van der Waals surface area contributed by atoms with Gasteiger partial charge in [-0.3, -0.25) is 14.9 Å². The Balaban J connectivity index is 0.00000109. The second-order valence-corrected chi connectivity index (χ2v) is 7.83. The molecule has 1 saturated heterocycles. The molecule has 1 heterocycles. The van der Waals surface area contributed by atoms with Gasteiger partial charge in [-0.25, -0.2) is 0 Å². The Morgan fingerprint density at radius 3 is 2.35 bits per heavy atom. The zero-order valence-corrected chi connectivity index (χ0v) is 15.2. The van der Waals surface area contributed by atoms with Gasteiger partial charge in [0.1, 0.15) is 18.6 Å². The van der Waals surface area contributed by atoms with Crippen LogP contribution in [0.25, 0.3) is 0 Å². The Morgan fingerprint density at radius 1 is 1.23 bits per heavy atom. The van der Waals surface area contributed by atoms with Gasteiger partial charge in [0.25, 0.3) is 0 Å². The average molecular weight is 373 g/mol. The molecule has 1 aliphatic heterocycles. The number of hydrogen-bond donors (Lipinski definition) is 3. The van der Waals surface area contributed by atoms with Crippen molar-refractivity contribution in [1.29, 1.82) is 0 Å². The number of hydroxylamine groups is 2. The molecule has 0 aromatic heterocycles. The van der Waals surface area contributed by atoms with E-state index in [1.54, 1.807) is 6.92 Å². The van der Waals surface area contributed by atoms with E-state index >= 15 is 0 Å². The molecule has 0 bridgehead atoms. The summed E-state index contributed by atoms with van der Waals surface area (Å²) in [7, 11) is 0. The van der Waals surface area contributed by atoms with E-state index < -0.39 is 17.7 Å². The van der Waals surface area contributed by atoms with E-state index in [0.717, 1.165) is 12.8 Å². The lowest BCUT2D eigenvalue weighted by atomic mass is 9.57. The second-order valence-electron chi connectivity index (χ2n) is 7.83. The van der Waals surface area contributed by atoms with E-state index in [2.05, 4.69) is 5.32 Å². The second kappa shape index (κ2) is 9.78. The number of hydrogen-bond acceptors (Lipinski definition) is 6. The normalized spacial score (nSPS) is 29.6. The van der Waals surface area contributed by atoms with Gasteiger partial charge in [-0.05, 0) is 50.9 Å². The molecule has 0 aromatic carbocycles. The number of nitrogens with zero attached hydrogens (tertiary/aromatic N) is 1. The van der Waals surface area contributed by atoms with Crippen LogP contribution in [0.1, 0.15) is 72.1 Å². The van der Waals surface area contributed by atoms with Crippen molar-refractivity contribution in [3.8, 4) is 0 Å². The summed E-state index contributed by atoms with van der Waals surface area (Å²) in [6.45, 7) is 4.41. The molecule has 0 radical (unpaired) electrons. The Labute approximate surface area is 157 Å². The van der Waals surface area contributed by atoms with Gasteiger partial charge in [-0.1, -0.05) is 26.7 Å². The van der Waals surface area contributed by atoms with Gasteiger partial charge < -0.3 is 15.0 Å². The largest absolute Gasteiger partial charge is 0.480 e. The van der Waals surface area contributed by atoms with Crippen LogP contribution in [0.4, 0.5) is 0 Å². The molecule has 0 amide bonds. The molecule has 3 aliphatic rings. The molecule has 2 aliphatic carbocycles. The summed E-state index contributed by atoms with van der Waals surface area (Å²) in [5.41, 5.74) is -0.806. The van der Waals surface area contributed by atoms with Gasteiger partial charge in [0.2, 0.25) is 0 Å². The monoisotopic (exact) mass is 372 g/mol. The Hall–Kier alpha value is -1.02. The number of aliphatic carboxylic acids is 1. The fourth-order valence-corrected chi connectivity index (χ4v) is 4.41. The zero-order valence-electron chi connectivity index (χ0n) is 15.2. The van der Waals surface area contributed by atoms with Crippen LogP contribution in [-0.4, -0.2) is 59.0 Å². The molecule has 3 atom stereocenters. The van der Waals surface area contributed by atoms with E-state index in [4.69, 9.17) is 9.63 Å². The Kier molecular flexibility index (Phi) is 8.66. The van der Waals surface area contributed by atoms with Crippen molar-refractivity contribution in [2.75, 3.05) is 13.2 Å². The first kappa shape index (κ1) is 23.0. The molecule has 152 valence electrons. The number of aliphatic hydroxyl groups is 1. The maximum Gasteiger partial charge on any atom is 0.326 e. The molecule has 3 N–H and O–H groups in total. The highest BCUT2D eigenvalue weighted by molar-refractivity contribution is 5.78. The third-order valence-corrected chi connectivity index (χ3v) is 6.18. The third-order valence-electron chi connectivity index (χ3n) is 6.18. The molecule has 7 nitrogen and oxygen atoms in total. The first-order valence-corrected chi connectivity index (χ1v) is 9.33. The summed E-state index contributed by atoms with van der Waals surface area (Å²) in [6, 6.07) is 0.274. The molecular weight excluding hydrogens is 336 g/mol. The number of aliphatic hydroxyl groups excluding tert-OH is 1. The lowest BCUT2D eigenvalue weighted by Gasteiger charge is -2.54. The van der Waals surface area contributed by atoms with Crippen molar-refractivity contribution in [3.05, 3.63) is 0 Å². The summed E-state index contributed by atoms with van der Waals surface area (Å²) in [5, 5.41) is 24.4. The highest BCUT2D eigenvalue weighted by atomic mass is 16.7. The lowest BCUT2D eigenvalue weighted by molar-refractivity contribution is -0.231. The Bertz CT molecular complexity index is 455. The van der Waals surface area contributed by atoms with Gasteiger partial charge in [0.15, 0.2) is 0 Å². The van der Waals surface area contributed by atoms with Gasteiger partial charge in [0.05, 0.1) is 6.61 Å². The molecule has 3 unspecified atom stereocenters. The van der Waals surface area contributed by atoms with Crippen LogP contribution in [0.5, 0.6) is 0 Å². The maximum atomic E-state index is 11.8. The molecule has 3 rings (SSSR count). The molecular formula is C19H36N2O5. The van der Waals surface area contributed by atoms with E-state index in [-0.39, 0.29) is 20.1 Å². The van der Waals surface area contributed by atoms with Crippen LogP contribution in [0.2, 0.25) is 0 Å². The number of carboxylic acid groups (broad SMARTS) is 1. The van der Waals surface area contributed by atoms with Crippen LogP contribution >= 0.6 is 0 Å². The predicted molar refractivity (Wildman–Crippen MR) is 99.5 cm³/mol. The minimum Gasteiger partial charge on any atom is -0.480 e. The Morgan fingerprint density at radius 2 is 1.88 bits per heavy atom. The van der Waals surface area contributed by atoms with Crippen LogP contribution in [0.3, 0.4) is 0 Å². The van der Waals surface area contributed by atoms with Gasteiger partial charge in [0, 0.05) is 12.6 Å². The van der Waals surface area contributed by atoms with Crippen molar-refractivity contribution >= 4 is 12.8 Å². The summed E-state index contributed by atoms with van der Waals surface area (Å²) in [6.07, 6.45) is 9.48. The van der Waals surface area contributed by atoms with Gasteiger partial charge in [-0.15, -0.1) is 0 Å². The molecule has 2 saturated carbocycles. The molecule has 0 aromatic rings. The molecule has 7 heteroatoms. The smallest absolute Gasteiger partial charge is 0.326 e. The van der Waals surface area contributed by atoms with Crippen LogP contribution in [-0.2, 0) is 14.4 Å². The minimum atomic E-state index is -1.11. The first-order valence-electron chi connectivity index (χ1n) is 9.33. The summed E-state index contributed by atoms with van der Waals surface area (Å²) in [5.74, 6) is -0.885. The molecule has 1 spiro atoms. The fraction of sp³-hybridized carbons (Fsp3) is 0.895. The maximum absolute atomic E-state index is 11.8. The highest BCUT2D eigenvalue weighted by Crippen LogP contribution is 2.52. The van der Waals surface area contributed by atoms with Crippen molar-refractivity contribution in [2.24, 2.45) is 5.41 Å². The number of rotatable bonds is 6. The summed E-state index contributed by atoms with van der Waals surface area (Å²) >= 11 is 0. The zero-order chi connectivity index (χ0) is 18.5. The number of carbonyl (C=O) groups excluding carboxylic acids is 1. The first-order chi connectivity index (χ1) is 12.0. The molecule has 26 heavy (non-hydrogen) atoms. The van der Waals surface area contributed by atoms with E-state index in [1.165, 1.54) is 43.6 Å². The van der Waals surface area contributed by atoms with Crippen molar-refractivity contribution in [3.63, 3.8) is 0 Å². The third kappa shape index (κ3) is 4.82. The average Bonchev–Trinajstić information content (AvgIpc) is 3.04. The van der Waals surface area contributed by atoms with Crippen molar-refractivity contribution in [2.45, 2.75) is 89.9 Å². The quantitative estimate of drug-likeness (QED) is 0.658. The number of carbonyl (C=O) groups is 2. The van der Waals surface area contributed by atoms with Crippen molar-refractivity contribution in [1.82, 2.24) is 10.4 Å². The van der Waals surface area contributed by atoms with E-state index in [0.29, 0.717) is 18.4 Å². The summed E-state index contributed by atoms with van der Waals surface area (Å²) in [4.78, 5) is 25.5. The van der Waals surface area contributed by atoms with Crippen LogP contribution in [0.15, 0.2) is 0 Å². The van der Waals surface area contributed by atoms with Crippen LogP contribution in [0, 0.1) is 5.41 Å². The highest BCUT2D eigenvalue weighted by Gasteiger charge is 2.50. The minimum absolute atomic E-state index is 0. The lowest BCUT2D eigenvalue weighted by Crippen LogP contribution is -2.65. The van der Waals surface area contributed by atoms with E-state index in [1.807, 2.05) is 6.79 Å². The number of nitrogens with one attached hydrogen (secondary N) is 1. The SMILES string of the molecule is C.C=O.CC(CON1CCCC1O)(NC1CCC12CCCCC2)C(=O)O. The predicted octanol–water partition coefficient (Wildman–Crippen LogP) is 2.33. The number of carboxylic acids is 1. The van der Waals surface area contributed by atoms with Gasteiger partial charge in [-0.2, -0.15) is 5.06 Å². The topological polar surface area (TPSA) is 99.1 Å². The van der Waals surface area contributed by atoms with Crippen molar-refractivity contribution < 1.29 is 24.6 Å².